The molecule has 0 saturated carbocycles. The molecule has 1 aromatic carbocycles. The van der Waals surface area contributed by atoms with Gasteiger partial charge in [-0.15, -0.1) is 0 Å². The Bertz CT molecular complexity index is 753. The van der Waals surface area contributed by atoms with Gasteiger partial charge in [0.15, 0.2) is 0 Å². The van der Waals surface area contributed by atoms with Crippen molar-refractivity contribution in [2.45, 2.75) is 0 Å². The van der Waals surface area contributed by atoms with Gasteiger partial charge in [-0.1, -0.05) is 0 Å². The summed E-state index contributed by atoms with van der Waals surface area (Å²) >= 11 is 0. The number of aromatic nitrogens is 2. The molecule has 8 heteroatoms. The van der Waals surface area contributed by atoms with E-state index in [4.69, 9.17) is 5.11 Å². The summed E-state index contributed by atoms with van der Waals surface area (Å²) in [6.07, 6.45) is 2.51. The van der Waals surface area contributed by atoms with Gasteiger partial charge in [0.05, 0.1) is 35.8 Å². The summed E-state index contributed by atoms with van der Waals surface area (Å²) in [5, 5.41) is 18.4. The lowest BCUT2D eigenvalue weighted by atomic mass is 10.2. The molecule has 0 bridgehead atoms. The maximum Gasteiger partial charge on any atom is 0.267 e. The van der Waals surface area contributed by atoms with Crippen LogP contribution in [0.5, 0.6) is 0 Å². The van der Waals surface area contributed by atoms with Crippen molar-refractivity contribution in [2.24, 2.45) is 0 Å². The third kappa shape index (κ3) is 2.55. The molecule has 116 valence electrons. The highest BCUT2D eigenvalue weighted by Gasteiger charge is 2.37. The first-order valence-electron chi connectivity index (χ1n) is 6.82. The number of aliphatic hydroxyl groups excluding tert-OH is 1. The molecule has 0 aliphatic carbocycles. The van der Waals surface area contributed by atoms with Gasteiger partial charge in [-0.3, -0.25) is 14.4 Å². The van der Waals surface area contributed by atoms with E-state index in [1.165, 1.54) is 36.7 Å². The highest BCUT2D eigenvalue weighted by molar-refractivity contribution is 6.34. The van der Waals surface area contributed by atoms with Gasteiger partial charge in [0.2, 0.25) is 0 Å². The molecule has 3 rings (SSSR count). The summed E-state index contributed by atoms with van der Waals surface area (Å²) in [5.74, 6) is -1.30. The maximum absolute atomic E-state index is 12.3. The van der Waals surface area contributed by atoms with Crippen molar-refractivity contribution in [3.8, 4) is 0 Å². The molecule has 0 fully saturated rings. The van der Waals surface area contributed by atoms with Gasteiger partial charge in [0.25, 0.3) is 17.7 Å². The fourth-order valence-electron chi connectivity index (χ4n) is 2.26. The Morgan fingerprint density at radius 1 is 1.04 bits per heavy atom. The van der Waals surface area contributed by atoms with E-state index in [0.29, 0.717) is 11.3 Å². The zero-order valence-electron chi connectivity index (χ0n) is 11.9. The smallest absolute Gasteiger partial charge is 0.267 e. The predicted molar refractivity (Wildman–Crippen MR) is 79.0 cm³/mol. The number of carbonyl (C=O) groups is 3. The first-order chi connectivity index (χ1) is 11.1. The first-order valence-corrected chi connectivity index (χ1v) is 6.82. The molecule has 0 atom stereocenters. The van der Waals surface area contributed by atoms with E-state index in [-0.39, 0.29) is 30.2 Å². The number of rotatable bonds is 4. The summed E-state index contributed by atoms with van der Waals surface area (Å²) < 4.78 is 0. The fraction of sp³-hybridized carbons (Fsp3) is 0.133. The second-order valence-corrected chi connectivity index (χ2v) is 4.79. The fourth-order valence-corrected chi connectivity index (χ4v) is 2.26. The molecule has 0 spiro atoms. The normalized spacial score (nSPS) is 13.2. The zero-order chi connectivity index (χ0) is 16.4. The molecule has 1 aliphatic heterocycles. The Hall–Kier alpha value is -3.13. The van der Waals surface area contributed by atoms with E-state index in [0.717, 1.165) is 4.90 Å². The molecule has 2 N–H and O–H groups in total. The highest BCUT2D eigenvalue weighted by atomic mass is 16.3. The third-order valence-electron chi connectivity index (χ3n) is 3.38. The Morgan fingerprint density at radius 3 is 2.13 bits per heavy atom. The Balaban J connectivity index is 1.85. The van der Waals surface area contributed by atoms with Crippen LogP contribution in [0.25, 0.3) is 0 Å². The van der Waals surface area contributed by atoms with Crippen LogP contribution in [0.2, 0.25) is 0 Å². The van der Waals surface area contributed by atoms with Crippen molar-refractivity contribution in [2.75, 3.05) is 18.1 Å². The summed E-state index contributed by atoms with van der Waals surface area (Å²) in [4.78, 5) is 37.4. The molecule has 0 saturated heterocycles. The average Bonchev–Trinajstić information content (AvgIpc) is 2.84. The summed E-state index contributed by atoms with van der Waals surface area (Å²) in [7, 11) is 0. The second-order valence-electron chi connectivity index (χ2n) is 4.79. The molecule has 2 aromatic rings. The number of hydrogen-bond acceptors (Lipinski definition) is 6. The lowest BCUT2D eigenvalue weighted by molar-refractivity contribution is 0.0922. The van der Waals surface area contributed by atoms with Crippen LogP contribution in [0.3, 0.4) is 0 Å². The number of nitrogens with zero attached hydrogens (tertiary/aromatic N) is 3. The zero-order valence-corrected chi connectivity index (χ0v) is 11.9. The molecule has 8 nitrogen and oxygen atoms in total. The molecule has 1 aromatic heterocycles. The molecule has 1 aliphatic rings. The monoisotopic (exact) mass is 312 g/mol. The summed E-state index contributed by atoms with van der Waals surface area (Å²) in [6, 6.07) is 6.02. The second kappa shape index (κ2) is 5.93. The van der Waals surface area contributed by atoms with Crippen LogP contribution >= 0.6 is 0 Å². The first kappa shape index (κ1) is 14.8. The molecular formula is C15H12N4O4. The molecule has 0 radical (unpaired) electrons. The molecule has 3 amide bonds. The predicted octanol–water partition coefficient (Wildman–Crippen LogP) is -0.000700. The highest BCUT2D eigenvalue weighted by Crippen LogP contribution is 2.27. The molecular weight excluding hydrogens is 300 g/mol. The van der Waals surface area contributed by atoms with E-state index in [1.54, 1.807) is 0 Å². The van der Waals surface area contributed by atoms with Gasteiger partial charge in [0.1, 0.15) is 0 Å². The van der Waals surface area contributed by atoms with Gasteiger partial charge in [-0.2, -0.15) is 10.2 Å². The van der Waals surface area contributed by atoms with Crippen LogP contribution in [0, 0.1) is 0 Å². The van der Waals surface area contributed by atoms with Crippen LogP contribution in [0.4, 0.5) is 5.69 Å². The standard InChI is InChI=1S/C15H12N4O4/c20-6-5-16-13(21)9-1-3-10(4-2-9)19-14(22)11-7-17-18-8-12(11)15(19)23/h1-4,7-8,20H,5-6H2,(H,16,21). The van der Waals surface area contributed by atoms with E-state index >= 15 is 0 Å². The maximum atomic E-state index is 12.3. The Kier molecular flexibility index (Phi) is 3.82. The van der Waals surface area contributed by atoms with Crippen LogP contribution in [-0.4, -0.2) is 46.2 Å². The largest absolute Gasteiger partial charge is 0.395 e. The van der Waals surface area contributed by atoms with Gasteiger partial charge >= 0.3 is 0 Å². The van der Waals surface area contributed by atoms with E-state index in [9.17, 15) is 14.4 Å². The van der Waals surface area contributed by atoms with Gasteiger partial charge in [-0.25, -0.2) is 4.90 Å². The van der Waals surface area contributed by atoms with Crippen LogP contribution in [0.1, 0.15) is 31.1 Å². The number of nitrogens with one attached hydrogen (secondary N) is 1. The van der Waals surface area contributed by atoms with Crippen LogP contribution in [-0.2, 0) is 0 Å². The number of imide groups is 1. The van der Waals surface area contributed by atoms with Gasteiger partial charge < -0.3 is 10.4 Å². The van der Waals surface area contributed by atoms with Crippen molar-refractivity contribution in [1.82, 2.24) is 15.5 Å². The number of fused-ring (bicyclic) bond motifs is 1. The SMILES string of the molecule is O=C(NCCO)c1ccc(N2C(=O)c3cnncc3C2=O)cc1. The minimum Gasteiger partial charge on any atom is -0.395 e. The number of benzene rings is 1. The molecule has 23 heavy (non-hydrogen) atoms. The summed E-state index contributed by atoms with van der Waals surface area (Å²) in [5.41, 5.74) is 1.13. The van der Waals surface area contributed by atoms with Crippen LogP contribution < -0.4 is 10.2 Å². The van der Waals surface area contributed by atoms with E-state index < -0.39 is 11.8 Å². The van der Waals surface area contributed by atoms with Gasteiger partial charge in [0, 0.05) is 12.1 Å². The van der Waals surface area contributed by atoms with E-state index in [1.807, 2.05) is 0 Å². The summed E-state index contributed by atoms with van der Waals surface area (Å²) in [6.45, 7) is -0.0000737. The number of anilines is 1. The molecule has 2 heterocycles. The number of hydrogen-bond donors (Lipinski definition) is 2. The van der Waals surface area contributed by atoms with Crippen molar-refractivity contribution >= 4 is 23.4 Å². The Labute approximate surface area is 130 Å². The van der Waals surface area contributed by atoms with Crippen molar-refractivity contribution in [1.29, 1.82) is 0 Å². The molecule has 0 unspecified atom stereocenters. The number of aliphatic hydroxyl groups is 1. The van der Waals surface area contributed by atoms with E-state index in [2.05, 4.69) is 15.5 Å². The minimum absolute atomic E-state index is 0.152. The quantitative estimate of drug-likeness (QED) is 0.768. The Morgan fingerprint density at radius 2 is 1.61 bits per heavy atom. The third-order valence-corrected chi connectivity index (χ3v) is 3.38. The van der Waals surface area contributed by atoms with Crippen LogP contribution in [0.15, 0.2) is 36.7 Å². The lowest BCUT2D eigenvalue weighted by Crippen LogP contribution is -2.29. The van der Waals surface area contributed by atoms with Crippen molar-refractivity contribution in [3.63, 3.8) is 0 Å². The van der Waals surface area contributed by atoms with Gasteiger partial charge in [-0.05, 0) is 24.3 Å². The van der Waals surface area contributed by atoms with Crippen molar-refractivity contribution < 1.29 is 19.5 Å². The number of carbonyl (C=O) groups excluding carboxylic acids is 3. The van der Waals surface area contributed by atoms with Crippen molar-refractivity contribution in [3.05, 3.63) is 53.3 Å². The lowest BCUT2D eigenvalue weighted by Gasteiger charge is -2.14. The minimum atomic E-state index is -0.475. The topological polar surface area (TPSA) is 112 Å². The number of amides is 3. The average molecular weight is 312 g/mol.